The molecule has 3 rings (SSSR count). The van der Waals surface area contributed by atoms with Crippen LogP contribution in [0.4, 0.5) is 5.69 Å². The summed E-state index contributed by atoms with van der Waals surface area (Å²) in [5.74, 6) is 0.729. The van der Waals surface area contributed by atoms with E-state index in [1.165, 1.54) is 0 Å². The van der Waals surface area contributed by atoms with Gasteiger partial charge in [-0.1, -0.05) is 64.6 Å². The third kappa shape index (κ3) is 4.99. The van der Waals surface area contributed by atoms with Gasteiger partial charge in [0.25, 0.3) is 0 Å². The Hall–Kier alpha value is -1.58. The number of anilines is 1. The van der Waals surface area contributed by atoms with Gasteiger partial charge in [0.2, 0.25) is 0 Å². The van der Waals surface area contributed by atoms with Gasteiger partial charge < -0.3 is 10.1 Å². The van der Waals surface area contributed by atoms with Gasteiger partial charge in [0.1, 0.15) is 12.4 Å². The number of nitrogens with one attached hydrogen (secondary N) is 1. The van der Waals surface area contributed by atoms with Crippen molar-refractivity contribution in [3.05, 3.63) is 91.9 Å². The van der Waals surface area contributed by atoms with E-state index in [4.69, 9.17) is 51.1 Å². The molecule has 1 N–H and O–H groups in total. The summed E-state index contributed by atoms with van der Waals surface area (Å²) in [5.41, 5.74) is 2.62. The second-order valence-corrected chi connectivity index (χ2v) is 7.30. The Morgan fingerprint density at radius 3 is 2.23 bits per heavy atom. The predicted molar refractivity (Wildman–Crippen MR) is 111 cm³/mol. The van der Waals surface area contributed by atoms with E-state index >= 15 is 0 Å². The monoisotopic (exact) mass is 425 g/mol. The Morgan fingerprint density at radius 2 is 1.46 bits per heavy atom. The van der Waals surface area contributed by atoms with E-state index in [9.17, 15) is 0 Å². The summed E-state index contributed by atoms with van der Waals surface area (Å²) >= 11 is 24.5. The fraction of sp³-hybridized carbons (Fsp3) is 0.100. The van der Waals surface area contributed by atoms with Crippen LogP contribution in [0.1, 0.15) is 11.1 Å². The molecule has 0 saturated heterocycles. The lowest BCUT2D eigenvalue weighted by Crippen LogP contribution is -2.04. The molecular weight excluding hydrogens is 412 g/mol. The van der Waals surface area contributed by atoms with Crippen LogP contribution in [0.25, 0.3) is 0 Å². The highest BCUT2D eigenvalue weighted by atomic mass is 35.5. The fourth-order valence-electron chi connectivity index (χ4n) is 2.42. The first-order valence-corrected chi connectivity index (χ1v) is 9.37. The number of benzene rings is 3. The van der Waals surface area contributed by atoms with Gasteiger partial charge in [-0.05, 0) is 42.5 Å². The Morgan fingerprint density at radius 1 is 0.731 bits per heavy atom. The maximum Gasteiger partial charge on any atom is 0.124 e. The van der Waals surface area contributed by atoms with E-state index in [0.717, 1.165) is 22.6 Å². The topological polar surface area (TPSA) is 21.3 Å². The smallest absolute Gasteiger partial charge is 0.124 e. The molecule has 0 bridgehead atoms. The summed E-state index contributed by atoms with van der Waals surface area (Å²) < 4.78 is 5.96. The van der Waals surface area contributed by atoms with Crippen molar-refractivity contribution < 1.29 is 4.74 Å². The summed E-state index contributed by atoms with van der Waals surface area (Å²) in [6.45, 7) is 0.871. The molecule has 3 aromatic carbocycles. The number of hydrogen-bond acceptors (Lipinski definition) is 2. The Balaban J connectivity index is 1.74. The van der Waals surface area contributed by atoms with Crippen molar-refractivity contribution in [2.24, 2.45) is 0 Å². The number of rotatable bonds is 6. The summed E-state index contributed by atoms with van der Waals surface area (Å²) in [6, 6.07) is 18.4. The molecule has 0 unspecified atom stereocenters. The van der Waals surface area contributed by atoms with Crippen molar-refractivity contribution in [1.29, 1.82) is 0 Å². The minimum absolute atomic E-state index is 0.371. The summed E-state index contributed by atoms with van der Waals surface area (Å²) in [6.07, 6.45) is 0. The van der Waals surface area contributed by atoms with Crippen LogP contribution in [0.5, 0.6) is 5.75 Å². The highest BCUT2D eigenvalue weighted by Gasteiger charge is 2.08. The molecule has 0 radical (unpaired) electrons. The zero-order chi connectivity index (χ0) is 18.5. The molecule has 0 aliphatic rings. The average molecular weight is 427 g/mol. The Bertz CT molecular complexity index is 914. The molecule has 26 heavy (non-hydrogen) atoms. The molecule has 2 nitrogen and oxygen atoms in total. The molecule has 0 aliphatic carbocycles. The molecule has 0 atom stereocenters. The fourth-order valence-corrected chi connectivity index (χ4v) is 3.28. The van der Waals surface area contributed by atoms with Crippen molar-refractivity contribution in [3.8, 4) is 5.75 Å². The van der Waals surface area contributed by atoms with Crippen LogP contribution in [0, 0.1) is 0 Å². The summed E-state index contributed by atoms with van der Waals surface area (Å²) in [4.78, 5) is 0. The van der Waals surface area contributed by atoms with Gasteiger partial charge in [-0.15, -0.1) is 0 Å². The standard InChI is InChI=1S/C20H15Cl4NO/c21-15-6-8-20(26-12-13-3-1-2-4-17(13)23)14(9-15)11-25-19-7-5-16(22)10-18(19)24/h1-10,25H,11-12H2. The van der Waals surface area contributed by atoms with E-state index < -0.39 is 0 Å². The van der Waals surface area contributed by atoms with Crippen molar-refractivity contribution in [1.82, 2.24) is 0 Å². The SMILES string of the molecule is Clc1ccc(NCc2cc(Cl)ccc2OCc2ccccc2Cl)c(Cl)c1. The van der Waals surface area contributed by atoms with Gasteiger partial charge in [-0.25, -0.2) is 0 Å². The molecule has 0 saturated carbocycles. The van der Waals surface area contributed by atoms with Crippen LogP contribution >= 0.6 is 46.4 Å². The third-order valence-electron chi connectivity index (χ3n) is 3.76. The van der Waals surface area contributed by atoms with Gasteiger partial charge in [0.05, 0.1) is 10.7 Å². The molecule has 6 heteroatoms. The molecular formula is C20H15Cl4NO. The molecule has 0 amide bonds. The number of hydrogen-bond donors (Lipinski definition) is 1. The van der Waals surface area contributed by atoms with E-state index in [-0.39, 0.29) is 0 Å². The van der Waals surface area contributed by atoms with Gasteiger partial charge in [0.15, 0.2) is 0 Å². The second-order valence-electron chi connectivity index (χ2n) is 5.61. The Labute approximate surface area is 172 Å². The number of ether oxygens (including phenoxy) is 1. The van der Waals surface area contributed by atoms with Crippen LogP contribution in [-0.2, 0) is 13.2 Å². The van der Waals surface area contributed by atoms with Crippen molar-refractivity contribution in [3.63, 3.8) is 0 Å². The van der Waals surface area contributed by atoms with Gasteiger partial charge in [-0.3, -0.25) is 0 Å². The van der Waals surface area contributed by atoms with Crippen LogP contribution in [0.3, 0.4) is 0 Å². The molecule has 0 fully saturated rings. The van der Waals surface area contributed by atoms with Crippen molar-refractivity contribution in [2.45, 2.75) is 13.2 Å². The van der Waals surface area contributed by atoms with Crippen LogP contribution < -0.4 is 10.1 Å². The first-order valence-electron chi connectivity index (χ1n) is 7.86. The summed E-state index contributed by atoms with van der Waals surface area (Å²) in [5, 5.41) is 5.73. The lowest BCUT2D eigenvalue weighted by atomic mass is 10.2. The highest BCUT2D eigenvalue weighted by Crippen LogP contribution is 2.29. The molecule has 134 valence electrons. The minimum atomic E-state index is 0.371. The molecule has 0 heterocycles. The normalized spacial score (nSPS) is 10.6. The van der Waals surface area contributed by atoms with Gasteiger partial charge >= 0.3 is 0 Å². The van der Waals surface area contributed by atoms with Gasteiger partial charge in [0, 0.05) is 32.7 Å². The Kier molecular flexibility index (Phi) is 6.55. The van der Waals surface area contributed by atoms with Gasteiger partial charge in [-0.2, -0.15) is 0 Å². The quantitative estimate of drug-likeness (QED) is 0.440. The van der Waals surface area contributed by atoms with Crippen molar-refractivity contribution in [2.75, 3.05) is 5.32 Å². The molecule has 3 aromatic rings. The maximum absolute atomic E-state index is 6.21. The van der Waals surface area contributed by atoms with E-state index in [1.807, 2.05) is 42.5 Å². The van der Waals surface area contributed by atoms with E-state index in [2.05, 4.69) is 5.32 Å². The first kappa shape index (κ1) is 19.2. The lowest BCUT2D eigenvalue weighted by Gasteiger charge is -2.15. The van der Waals surface area contributed by atoms with E-state index in [1.54, 1.807) is 18.2 Å². The lowest BCUT2D eigenvalue weighted by molar-refractivity contribution is 0.303. The predicted octanol–water partition coefficient (Wildman–Crippen LogP) is 7.49. The molecule has 0 aliphatic heterocycles. The largest absolute Gasteiger partial charge is 0.488 e. The van der Waals surface area contributed by atoms with Crippen molar-refractivity contribution >= 4 is 52.1 Å². The van der Waals surface area contributed by atoms with E-state index in [0.29, 0.717) is 33.2 Å². The van der Waals surface area contributed by atoms with Crippen LogP contribution in [0.15, 0.2) is 60.7 Å². The zero-order valence-corrected chi connectivity index (χ0v) is 16.6. The zero-order valence-electron chi connectivity index (χ0n) is 13.6. The maximum atomic E-state index is 6.21. The van der Waals surface area contributed by atoms with Crippen LogP contribution in [0.2, 0.25) is 20.1 Å². The second kappa shape index (κ2) is 8.88. The summed E-state index contributed by atoms with van der Waals surface area (Å²) in [7, 11) is 0. The first-order chi connectivity index (χ1) is 12.5. The molecule has 0 spiro atoms. The van der Waals surface area contributed by atoms with Crippen LogP contribution in [-0.4, -0.2) is 0 Å². The average Bonchev–Trinajstić information content (AvgIpc) is 2.61. The minimum Gasteiger partial charge on any atom is -0.488 e. The molecule has 0 aromatic heterocycles. The highest BCUT2D eigenvalue weighted by molar-refractivity contribution is 6.36. The number of halogens is 4. The third-order valence-corrected chi connectivity index (χ3v) is 4.92.